The Kier molecular flexibility index (Phi) is 6.17. The first-order chi connectivity index (χ1) is 13.9. The van der Waals surface area contributed by atoms with Gasteiger partial charge in [-0.15, -0.1) is 0 Å². The number of fused-ring (bicyclic) bond motifs is 2. The molecular formula is C19H19ClF2N4O3. The first-order valence-corrected chi connectivity index (χ1v) is 9.07. The fourth-order valence-corrected chi connectivity index (χ4v) is 3.10. The summed E-state index contributed by atoms with van der Waals surface area (Å²) in [6.07, 6.45) is 1.34. The summed E-state index contributed by atoms with van der Waals surface area (Å²) in [6.45, 7) is 2.87. The van der Waals surface area contributed by atoms with E-state index in [9.17, 15) is 13.6 Å². The van der Waals surface area contributed by atoms with Crippen LogP contribution in [0.15, 0.2) is 36.0 Å². The van der Waals surface area contributed by atoms with Crippen LogP contribution in [0.25, 0.3) is 0 Å². The van der Waals surface area contributed by atoms with Crippen molar-refractivity contribution in [1.29, 1.82) is 0 Å². The SMILES string of the molecule is C=CC1=Nc2c(cnn2C)C(=O)N(C)CCOc2ccc(F)c(Cl)c2C(CF)O1. The van der Waals surface area contributed by atoms with Crippen LogP contribution in [0.2, 0.25) is 5.02 Å². The van der Waals surface area contributed by atoms with E-state index in [4.69, 9.17) is 21.1 Å². The average molecular weight is 425 g/mol. The first-order valence-electron chi connectivity index (χ1n) is 8.69. The van der Waals surface area contributed by atoms with Crippen LogP contribution in [0.5, 0.6) is 5.75 Å². The minimum absolute atomic E-state index is 0.0159. The number of hydrogen-bond acceptors (Lipinski definition) is 5. The summed E-state index contributed by atoms with van der Waals surface area (Å²) in [7, 11) is 3.20. The molecule has 0 spiro atoms. The van der Waals surface area contributed by atoms with Gasteiger partial charge in [0.15, 0.2) is 11.9 Å². The topological polar surface area (TPSA) is 69.0 Å². The smallest absolute Gasteiger partial charge is 0.259 e. The standard InChI is InChI=1S/C19H19ClF2N4O3/c1-4-15-24-18-11(10-23-26(18)3)19(27)25(2)7-8-28-13-6-5-12(22)17(20)16(13)14(9-21)29-15/h4-6,10,14H,1,7-9H2,2-3H3. The monoisotopic (exact) mass is 424 g/mol. The molecule has 2 aromatic rings. The molecule has 1 unspecified atom stereocenters. The number of halogens is 3. The highest BCUT2D eigenvalue weighted by Gasteiger charge is 2.27. The molecule has 1 amide bonds. The lowest BCUT2D eigenvalue weighted by atomic mass is 10.1. The molecule has 1 aromatic carbocycles. The number of benzene rings is 1. The van der Waals surface area contributed by atoms with Gasteiger partial charge in [-0.25, -0.2) is 8.78 Å². The Hall–Kier alpha value is -2.94. The molecule has 0 N–H and O–H groups in total. The number of carbonyl (C=O) groups excluding carboxylic acids is 1. The van der Waals surface area contributed by atoms with Gasteiger partial charge < -0.3 is 14.4 Å². The molecular weight excluding hydrogens is 406 g/mol. The molecule has 0 saturated carbocycles. The van der Waals surface area contributed by atoms with Crippen molar-refractivity contribution < 1.29 is 23.0 Å². The Morgan fingerprint density at radius 2 is 2.17 bits per heavy atom. The quantitative estimate of drug-likeness (QED) is 0.738. The van der Waals surface area contributed by atoms with Gasteiger partial charge in [0.25, 0.3) is 5.91 Å². The highest BCUT2D eigenvalue weighted by molar-refractivity contribution is 6.31. The van der Waals surface area contributed by atoms with E-state index in [1.165, 1.54) is 27.9 Å². The number of rotatable bonds is 2. The van der Waals surface area contributed by atoms with E-state index in [2.05, 4.69) is 16.7 Å². The number of nitrogens with zero attached hydrogens (tertiary/aromatic N) is 4. The zero-order chi connectivity index (χ0) is 21.1. The molecule has 1 aromatic heterocycles. The maximum Gasteiger partial charge on any atom is 0.259 e. The number of likely N-dealkylation sites (N-methyl/N-ethyl adjacent to an activating group) is 1. The van der Waals surface area contributed by atoms with Crippen LogP contribution in [-0.4, -0.2) is 53.4 Å². The summed E-state index contributed by atoms with van der Waals surface area (Å²) in [4.78, 5) is 18.5. The van der Waals surface area contributed by atoms with Gasteiger partial charge >= 0.3 is 0 Å². The first kappa shape index (κ1) is 20.8. The fraction of sp³-hybridized carbons (Fsp3) is 0.316. The lowest BCUT2D eigenvalue weighted by molar-refractivity contribution is 0.0773. The Balaban J connectivity index is 2.16. The van der Waals surface area contributed by atoms with Crippen LogP contribution in [0.4, 0.5) is 14.6 Å². The van der Waals surface area contributed by atoms with Gasteiger partial charge in [0, 0.05) is 14.1 Å². The molecule has 0 radical (unpaired) electrons. The summed E-state index contributed by atoms with van der Waals surface area (Å²) in [5, 5.41) is 3.75. The third kappa shape index (κ3) is 4.09. The average Bonchev–Trinajstić information content (AvgIpc) is 3.07. The second kappa shape index (κ2) is 8.60. The normalized spacial score (nSPS) is 17.6. The highest BCUT2D eigenvalue weighted by atomic mass is 35.5. The van der Waals surface area contributed by atoms with E-state index < -0.39 is 18.6 Å². The molecule has 0 bridgehead atoms. The van der Waals surface area contributed by atoms with Crippen molar-refractivity contribution in [1.82, 2.24) is 14.7 Å². The summed E-state index contributed by atoms with van der Waals surface area (Å²) in [6, 6.07) is 2.46. The van der Waals surface area contributed by atoms with E-state index in [1.54, 1.807) is 14.1 Å². The Bertz CT molecular complexity index is 977. The summed E-state index contributed by atoms with van der Waals surface area (Å²) in [5.74, 6) is -0.790. The minimum Gasteiger partial charge on any atom is -0.491 e. The van der Waals surface area contributed by atoms with Crippen molar-refractivity contribution in [3.63, 3.8) is 0 Å². The molecule has 10 heteroatoms. The van der Waals surface area contributed by atoms with Crippen LogP contribution in [0.3, 0.4) is 0 Å². The van der Waals surface area contributed by atoms with Crippen molar-refractivity contribution in [2.75, 3.05) is 26.9 Å². The Morgan fingerprint density at radius 1 is 1.41 bits per heavy atom. The largest absolute Gasteiger partial charge is 0.491 e. The van der Waals surface area contributed by atoms with Gasteiger partial charge in [-0.1, -0.05) is 18.2 Å². The maximum atomic E-state index is 14.1. The van der Waals surface area contributed by atoms with Gasteiger partial charge in [0.1, 0.15) is 30.4 Å². The molecule has 1 aliphatic rings. The molecule has 2 heterocycles. The summed E-state index contributed by atoms with van der Waals surface area (Å²) in [5.41, 5.74) is 0.248. The number of alkyl halides is 1. The number of aryl methyl sites for hydroxylation is 1. The fourth-order valence-electron chi connectivity index (χ4n) is 2.83. The summed E-state index contributed by atoms with van der Waals surface area (Å²) >= 11 is 6.10. The Morgan fingerprint density at radius 3 is 2.86 bits per heavy atom. The molecule has 29 heavy (non-hydrogen) atoms. The summed E-state index contributed by atoms with van der Waals surface area (Å²) < 4.78 is 40.6. The lowest BCUT2D eigenvalue weighted by Crippen LogP contribution is -2.30. The number of ether oxygens (including phenoxy) is 2. The third-order valence-electron chi connectivity index (χ3n) is 4.38. The van der Waals surface area contributed by atoms with Gasteiger partial charge in [0.05, 0.1) is 23.3 Å². The molecule has 7 nitrogen and oxygen atoms in total. The minimum atomic E-state index is -1.30. The molecule has 3 rings (SSSR count). The number of aliphatic imine (C=N–C) groups is 1. The zero-order valence-electron chi connectivity index (χ0n) is 15.9. The van der Waals surface area contributed by atoms with Gasteiger partial charge in [-0.05, 0) is 18.2 Å². The molecule has 1 aliphatic heterocycles. The molecule has 154 valence electrons. The predicted molar refractivity (Wildman–Crippen MR) is 104 cm³/mol. The molecule has 1 atom stereocenters. The van der Waals surface area contributed by atoms with E-state index in [1.807, 2.05) is 0 Å². The van der Waals surface area contributed by atoms with Gasteiger partial charge in [-0.2, -0.15) is 10.1 Å². The van der Waals surface area contributed by atoms with E-state index in [0.29, 0.717) is 0 Å². The number of hydrogen-bond donors (Lipinski definition) is 0. The second-order valence-electron chi connectivity index (χ2n) is 6.27. The van der Waals surface area contributed by atoms with Crippen molar-refractivity contribution in [2.45, 2.75) is 6.10 Å². The van der Waals surface area contributed by atoms with Crippen molar-refractivity contribution in [2.24, 2.45) is 12.0 Å². The Labute approximate surface area is 171 Å². The van der Waals surface area contributed by atoms with Gasteiger partial charge in [0.2, 0.25) is 5.90 Å². The van der Waals surface area contributed by atoms with E-state index in [0.717, 1.165) is 6.07 Å². The van der Waals surface area contributed by atoms with Crippen LogP contribution in [0, 0.1) is 5.82 Å². The number of carbonyl (C=O) groups is 1. The maximum absolute atomic E-state index is 14.1. The lowest BCUT2D eigenvalue weighted by Gasteiger charge is -2.21. The second-order valence-corrected chi connectivity index (χ2v) is 6.65. The van der Waals surface area contributed by atoms with E-state index in [-0.39, 0.29) is 52.7 Å². The third-order valence-corrected chi connectivity index (χ3v) is 4.76. The highest BCUT2D eigenvalue weighted by Crippen LogP contribution is 2.37. The van der Waals surface area contributed by atoms with Gasteiger partial charge in [-0.3, -0.25) is 9.48 Å². The van der Waals surface area contributed by atoms with Crippen molar-refractivity contribution in [3.05, 3.63) is 53.0 Å². The number of aromatic nitrogens is 2. The number of amides is 1. The zero-order valence-corrected chi connectivity index (χ0v) is 16.6. The molecule has 0 fully saturated rings. The molecule has 0 saturated heterocycles. The van der Waals surface area contributed by atoms with Crippen molar-refractivity contribution in [3.8, 4) is 5.75 Å². The molecule has 0 aliphatic carbocycles. The predicted octanol–water partition coefficient (Wildman–Crippen LogP) is 3.62. The van der Waals surface area contributed by atoms with Crippen LogP contribution in [-0.2, 0) is 11.8 Å². The van der Waals surface area contributed by atoms with Crippen molar-refractivity contribution >= 4 is 29.2 Å². The van der Waals surface area contributed by atoms with Crippen LogP contribution in [0.1, 0.15) is 22.0 Å². The van der Waals surface area contributed by atoms with Crippen LogP contribution < -0.4 is 4.74 Å². The van der Waals surface area contributed by atoms with E-state index >= 15 is 0 Å². The van der Waals surface area contributed by atoms with Crippen LogP contribution >= 0.6 is 11.6 Å².